The molecular formula is C5H13BrMg. The van der Waals surface area contributed by atoms with Crippen LogP contribution in [0.15, 0.2) is 0 Å². The van der Waals surface area contributed by atoms with Gasteiger partial charge in [-0.15, -0.1) is 0 Å². The zero-order valence-electron chi connectivity index (χ0n) is 7.08. The van der Waals surface area contributed by atoms with Crippen molar-refractivity contribution in [3.8, 4) is 0 Å². The summed E-state index contributed by atoms with van der Waals surface area (Å²) in [5.41, 5.74) is 0. The molecule has 0 heterocycles. The van der Waals surface area contributed by atoms with Gasteiger partial charge in [-0.25, -0.2) is 0 Å². The first-order valence-corrected chi connectivity index (χ1v) is 3.45. The van der Waals surface area contributed by atoms with Crippen molar-refractivity contribution in [3.05, 3.63) is 0 Å². The third kappa shape index (κ3) is 11.1. The molecule has 0 spiro atoms. The van der Waals surface area contributed by atoms with Gasteiger partial charge in [-0.1, -0.05) is 29.8 Å². The minimum Gasteiger partial charge on any atom is -1.00 e. The smallest absolute Gasteiger partial charge is 1.00 e. The molecule has 42 valence electrons. The van der Waals surface area contributed by atoms with Crippen LogP contribution in [0.2, 0.25) is 0 Å². The van der Waals surface area contributed by atoms with Gasteiger partial charge >= 0.3 is 23.1 Å². The molecule has 0 aromatic heterocycles. The molecule has 0 N–H and O–H groups in total. The van der Waals surface area contributed by atoms with E-state index < -0.39 is 0 Å². The van der Waals surface area contributed by atoms with Crippen molar-refractivity contribution < 1.29 is 2.85 Å². The first-order chi connectivity index (χ1) is 2.77. The monoisotopic (exact) mass is 176 g/mol. The van der Waals surface area contributed by atoms with Gasteiger partial charge in [-0.05, 0) is 12.3 Å². The van der Waals surface area contributed by atoms with Crippen LogP contribution in [0.4, 0.5) is 0 Å². The maximum Gasteiger partial charge on any atom is 2.00 e. The largest absolute Gasteiger partial charge is 2.00 e. The summed E-state index contributed by atoms with van der Waals surface area (Å²) in [5.74, 6) is 0.851. The van der Waals surface area contributed by atoms with E-state index in [-0.39, 0.29) is 25.9 Å². The Morgan fingerprint density at radius 1 is 1.57 bits per heavy atom. The minimum atomic E-state index is 0. The Bertz CT molecular complexity index is 36.1. The van der Waals surface area contributed by atoms with Crippen LogP contribution < -0.4 is 0 Å². The van der Waals surface area contributed by atoms with Crippen molar-refractivity contribution in [2.24, 2.45) is 5.92 Å². The van der Waals surface area contributed by atoms with Gasteiger partial charge in [0.15, 0.2) is 0 Å². The molecule has 0 bridgehead atoms. The molecule has 0 saturated heterocycles. The summed E-state index contributed by atoms with van der Waals surface area (Å²) in [6.45, 7) is 4.45. The summed E-state index contributed by atoms with van der Waals surface area (Å²) in [4.78, 5) is 0. The molecule has 0 aliphatic rings. The van der Waals surface area contributed by atoms with Crippen molar-refractivity contribution in [2.75, 3.05) is 5.33 Å². The molecule has 0 aromatic rings. The van der Waals surface area contributed by atoms with Crippen LogP contribution >= 0.6 is 15.9 Å². The normalized spacial score (nSPS) is 8.57. The van der Waals surface area contributed by atoms with Gasteiger partial charge < -0.3 is 2.85 Å². The predicted octanol–water partition coefficient (Wildman–Crippen LogP) is 2.27. The second-order valence-electron chi connectivity index (χ2n) is 1.87. The summed E-state index contributed by atoms with van der Waals surface area (Å²) >= 11 is 3.35. The predicted molar refractivity (Wildman–Crippen MR) is 41.2 cm³/mol. The van der Waals surface area contributed by atoms with E-state index in [1.807, 2.05) is 0 Å². The van der Waals surface area contributed by atoms with Crippen LogP contribution in [-0.2, 0) is 0 Å². The Hall–Kier alpha value is 1.25. The molecule has 7 heavy (non-hydrogen) atoms. The molecule has 0 atom stereocenters. The van der Waals surface area contributed by atoms with Gasteiger partial charge in [0.1, 0.15) is 0 Å². The maximum absolute atomic E-state index is 3.35. The SMILES string of the molecule is CC(C)CCBr.[H-].[H-].[Mg+2]. The molecule has 0 aliphatic carbocycles. The van der Waals surface area contributed by atoms with E-state index in [1.165, 1.54) is 6.42 Å². The average molecular weight is 177 g/mol. The summed E-state index contributed by atoms with van der Waals surface area (Å²) < 4.78 is 0. The fraction of sp³-hybridized carbons (Fsp3) is 1.00. The van der Waals surface area contributed by atoms with Gasteiger partial charge in [-0.3, -0.25) is 0 Å². The van der Waals surface area contributed by atoms with Gasteiger partial charge in [0.25, 0.3) is 0 Å². The first kappa shape index (κ1) is 11.1. The molecule has 0 amide bonds. The molecule has 0 saturated carbocycles. The Balaban J connectivity index is -0.0000000417. The summed E-state index contributed by atoms with van der Waals surface area (Å²) in [7, 11) is 0. The molecule has 0 unspecified atom stereocenters. The molecule has 0 aliphatic heterocycles. The number of hydrogen-bond donors (Lipinski definition) is 0. The Kier molecular flexibility index (Phi) is 11.5. The van der Waals surface area contributed by atoms with Gasteiger partial charge in [0.2, 0.25) is 0 Å². The molecule has 0 rings (SSSR count). The third-order valence-electron chi connectivity index (χ3n) is 0.686. The van der Waals surface area contributed by atoms with Crippen molar-refractivity contribution in [3.63, 3.8) is 0 Å². The van der Waals surface area contributed by atoms with E-state index in [1.54, 1.807) is 0 Å². The maximum atomic E-state index is 3.35. The average Bonchev–Trinajstić information content (AvgIpc) is 1.35. The number of hydrogen-bond acceptors (Lipinski definition) is 0. The number of alkyl halides is 1. The summed E-state index contributed by atoms with van der Waals surface area (Å²) in [6, 6.07) is 0. The number of rotatable bonds is 2. The van der Waals surface area contributed by atoms with Gasteiger partial charge in [0.05, 0.1) is 0 Å². The summed E-state index contributed by atoms with van der Waals surface area (Å²) in [6.07, 6.45) is 1.29. The van der Waals surface area contributed by atoms with E-state index in [4.69, 9.17) is 0 Å². The Morgan fingerprint density at radius 3 is 2.00 bits per heavy atom. The van der Waals surface area contributed by atoms with Crippen molar-refractivity contribution in [1.82, 2.24) is 0 Å². The minimum absolute atomic E-state index is 0. The van der Waals surface area contributed by atoms with E-state index >= 15 is 0 Å². The van der Waals surface area contributed by atoms with Crippen molar-refractivity contribution in [2.45, 2.75) is 20.3 Å². The zero-order valence-corrected chi connectivity index (χ0v) is 8.08. The van der Waals surface area contributed by atoms with Crippen LogP contribution in [0, 0.1) is 5.92 Å². The van der Waals surface area contributed by atoms with E-state index in [0.717, 1.165) is 11.2 Å². The topological polar surface area (TPSA) is 0 Å². The Morgan fingerprint density at radius 2 is 2.00 bits per heavy atom. The molecule has 0 aromatic carbocycles. The fourth-order valence-corrected chi connectivity index (χ4v) is 1.13. The van der Waals surface area contributed by atoms with Crippen LogP contribution in [0.5, 0.6) is 0 Å². The fourth-order valence-electron chi connectivity index (χ4n) is 0.218. The van der Waals surface area contributed by atoms with Gasteiger partial charge in [0, 0.05) is 5.33 Å². The van der Waals surface area contributed by atoms with Crippen LogP contribution in [0.25, 0.3) is 0 Å². The molecule has 2 heteroatoms. The second kappa shape index (κ2) is 7.25. The van der Waals surface area contributed by atoms with Crippen LogP contribution in [0.1, 0.15) is 23.1 Å². The number of halogens is 1. The van der Waals surface area contributed by atoms with Crippen molar-refractivity contribution >= 4 is 39.0 Å². The first-order valence-electron chi connectivity index (χ1n) is 2.33. The molecular weight excluding hydrogens is 164 g/mol. The standard InChI is InChI=1S/C5H11Br.Mg.2H/c1-5(2)3-4-6;;;/h5H,3-4H2,1-2H3;;;/q;+2;2*-1. The second-order valence-corrected chi connectivity index (χ2v) is 2.66. The molecule has 0 nitrogen and oxygen atoms in total. The quantitative estimate of drug-likeness (QED) is 0.448. The zero-order chi connectivity index (χ0) is 4.99. The van der Waals surface area contributed by atoms with Crippen LogP contribution in [-0.4, -0.2) is 28.4 Å². The molecule has 0 radical (unpaired) electrons. The van der Waals surface area contributed by atoms with Crippen LogP contribution in [0.3, 0.4) is 0 Å². The summed E-state index contributed by atoms with van der Waals surface area (Å²) in [5, 5.41) is 1.14. The third-order valence-corrected chi connectivity index (χ3v) is 1.14. The van der Waals surface area contributed by atoms with Gasteiger partial charge in [-0.2, -0.15) is 0 Å². The Labute approximate surface area is 73.3 Å². The van der Waals surface area contributed by atoms with E-state index in [9.17, 15) is 0 Å². The van der Waals surface area contributed by atoms with E-state index in [2.05, 4.69) is 29.8 Å². The molecule has 0 fully saturated rings. The van der Waals surface area contributed by atoms with Crippen molar-refractivity contribution in [1.29, 1.82) is 0 Å². The van der Waals surface area contributed by atoms with E-state index in [0.29, 0.717) is 0 Å².